The smallest absolute Gasteiger partial charge is 0.234 e. The second kappa shape index (κ2) is 9.72. The Morgan fingerprint density at radius 3 is 2.60 bits per heavy atom. The van der Waals surface area contributed by atoms with Gasteiger partial charge in [0.1, 0.15) is 0 Å². The number of hydrogen-bond donors (Lipinski definition) is 2. The number of hydrogen-bond acceptors (Lipinski definition) is 4. The van der Waals surface area contributed by atoms with Crippen LogP contribution in [0.2, 0.25) is 0 Å². The molecule has 1 saturated heterocycles. The second-order valence-corrected chi connectivity index (χ2v) is 5.29. The van der Waals surface area contributed by atoms with Crippen LogP contribution in [0, 0.1) is 0 Å². The SMILES string of the molecule is COCC(C)NC(=O)CNCCC(=O)N1CCCCC1. The van der Waals surface area contributed by atoms with Gasteiger partial charge in [0.05, 0.1) is 13.2 Å². The molecule has 1 fully saturated rings. The maximum atomic E-state index is 11.9. The van der Waals surface area contributed by atoms with Crippen LogP contribution in [-0.4, -0.2) is 62.7 Å². The van der Waals surface area contributed by atoms with E-state index in [4.69, 9.17) is 4.74 Å². The quantitative estimate of drug-likeness (QED) is 0.622. The van der Waals surface area contributed by atoms with E-state index in [2.05, 4.69) is 10.6 Å². The highest BCUT2D eigenvalue weighted by Crippen LogP contribution is 2.09. The van der Waals surface area contributed by atoms with E-state index in [0.29, 0.717) is 19.6 Å². The monoisotopic (exact) mass is 285 g/mol. The zero-order chi connectivity index (χ0) is 14.8. The van der Waals surface area contributed by atoms with Gasteiger partial charge in [-0.2, -0.15) is 0 Å². The normalized spacial score (nSPS) is 16.8. The molecule has 0 saturated carbocycles. The van der Waals surface area contributed by atoms with Crippen LogP contribution in [0.5, 0.6) is 0 Å². The Bertz CT molecular complexity index is 304. The first-order chi connectivity index (χ1) is 9.63. The van der Waals surface area contributed by atoms with Gasteiger partial charge in [-0.05, 0) is 26.2 Å². The maximum Gasteiger partial charge on any atom is 0.234 e. The molecule has 0 aromatic carbocycles. The molecule has 0 aromatic rings. The topological polar surface area (TPSA) is 70.7 Å². The van der Waals surface area contributed by atoms with Gasteiger partial charge in [-0.25, -0.2) is 0 Å². The Morgan fingerprint density at radius 1 is 1.25 bits per heavy atom. The van der Waals surface area contributed by atoms with E-state index in [-0.39, 0.29) is 24.4 Å². The summed E-state index contributed by atoms with van der Waals surface area (Å²) in [6.45, 7) is 4.94. The number of nitrogens with one attached hydrogen (secondary N) is 2. The van der Waals surface area contributed by atoms with Crippen LogP contribution in [0.15, 0.2) is 0 Å². The lowest BCUT2D eigenvalue weighted by atomic mass is 10.1. The summed E-state index contributed by atoms with van der Waals surface area (Å²) in [5.41, 5.74) is 0. The van der Waals surface area contributed by atoms with Crippen molar-refractivity contribution in [3.05, 3.63) is 0 Å². The Hall–Kier alpha value is -1.14. The van der Waals surface area contributed by atoms with Crippen LogP contribution in [0.1, 0.15) is 32.6 Å². The summed E-state index contributed by atoms with van der Waals surface area (Å²) in [5.74, 6) is 0.116. The highest BCUT2D eigenvalue weighted by Gasteiger charge is 2.15. The van der Waals surface area contributed by atoms with Gasteiger partial charge in [-0.1, -0.05) is 0 Å². The predicted octanol–water partition coefficient (Wildman–Crippen LogP) is 0.130. The zero-order valence-corrected chi connectivity index (χ0v) is 12.6. The van der Waals surface area contributed by atoms with Gasteiger partial charge >= 0.3 is 0 Å². The van der Waals surface area contributed by atoms with Crippen molar-refractivity contribution in [3.8, 4) is 0 Å². The lowest BCUT2D eigenvalue weighted by Crippen LogP contribution is -2.42. The highest BCUT2D eigenvalue weighted by molar-refractivity contribution is 5.78. The van der Waals surface area contributed by atoms with E-state index in [1.807, 2.05) is 11.8 Å². The molecule has 0 radical (unpaired) electrons. The van der Waals surface area contributed by atoms with Gasteiger partial charge in [0.2, 0.25) is 11.8 Å². The first-order valence-electron chi connectivity index (χ1n) is 7.40. The molecule has 0 aromatic heterocycles. The largest absolute Gasteiger partial charge is 0.383 e. The third-order valence-electron chi connectivity index (χ3n) is 3.33. The van der Waals surface area contributed by atoms with Crippen LogP contribution < -0.4 is 10.6 Å². The van der Waals surface area contributed by atoms with Crippen molar-refractivity contribution in [1.82, 2.24) is 15.5 Å². The summed E-state index contributed by atoms with van der Waals surface area (Å²) >= 11 is 0. The minimum absolute atomic E-state index is 0.00396. The zero-order valence-electron chi connectivity index (χ0n) is 12.6. The van der Waals surface area contributed by atoms with Crippen molar-refractivity contribution in [1.29, 1.82) is 0 Å². The lowest BCUT2D eigenvalue weighted by molar-refractivity contribution is -0.132. The van der Waals surface area contributed by atoms with Crippen LogP contribution >= 0.6 is 0 Å². The number of methoxy groups -OCH3 is 1. The first-order valence-corrected chi connectivity index (χ1v) is 7.40. The van der Waals surface area contributed by atoms with Gasteiger partial charge in [-0.3, -0.25) is 9.59 Å². The number of ether oxygens (including phenoxy) is 1. The summed E-state index contributed by atoms with van der Waals surface area (Å²) in [5, 5.41) is 5.81. The standard InChI is InChI=1S/C14H27N3O3/c1-12(11-20-2)16-13(18)10-15-7-6-14(19)17-8-4-3-5-9-17/h12,15H,3-11H2,1-2H3,(H,16,18). The average molecular weight is 285 g/mol. The molecule has 1 aliphatic rings. The number of carbonyl (C=O) groups is 2. The lowest BCUT2D eigenvalue weighted by Gasteiger charge is -2.26. The maximum absolute atomic E-state index is 11.9. The highest BCUT2D eigenvalue weighted by atomic mass is 16.5. The average Bonchev–Trinajstić information content (AvgIpc) is 2.44. The van der Waals surface area contributed by atoms with Crippen molar-refractivity contribution in [2.45, 2.75) is 38.6 Å². The fourth-order valence-electron chi connectivity index (χ4n) is 2.32. The van der Waals surface area contributed by atoms with Crippen molar-refractivity contribution in [3.63, 3.8) is 0 Å². The van der Waals surface area contributed by atoms with Crippen LogP contribution in [0.25, 0.3) is 0 Å². The molecule has 6 nitrogen and oxygen atoms in total. The fraction of sp³-hybridized carbons (Fsp3) is 0.857. The fourth-order valence-corrected chi connectivity index (χ4v) is 2.32. The minimum Gasteiger partial charge on any atom is -0.383 e. The Balaban J connectivity index is 2.05. The number of rotatable bonds is 8. The Labute approximate surface area is 121 Å². The van der Waals surface area contributed by atoms with E-state index in [9.17, 15) is 9.59 Å². The molecule has 0 bridgehead atoms. The number of carbonyl (C=O) groups excluding carboxylic acids is 2. The third-order valence-corrected chi connectivity index (χ3v) is 3.33. The molecular formula is C14H27N3O3. The van der Waals surface area contributed by atoms with E-state index < -0.39 is 0 Å². The summed E-state index contributed by atoms with van der Waals surface area (Å²) in [7, 11) is 1.60. The molecule has 1 heterocycles. The molecule has 1 atom stereocenters. The van der Waals surface area contributed by atoms with E-state index in [1.54, 1.807) is 7.11 Å². The predicted molar refractivity (Wildman–Crippen MR) is 77.4 cm³/mol. The van der Waals surface area contributed by atoms with E-state index >= 15 is 0 Å². The third kappa shape index (κ3) is 6.86. The van der Waals surface area contributed by atoms with Crippen LogP contribution in [0.4, 0.5) is 0 Å². The molecule has 1 rings (SSSR count). The molecule has 1 unspecified atom stereocenters. The molecular weight excluding hydrogens is 258 g/mol. The molecule has 0 aliphatic carbocycles. The molecule has 20 heavy (non-hydrogen) atoms. The number of likely N-dealkylation sites (tertiary alicyclic amines) is 1. The summed E-state index contributed by atoms with van der Waals surface area (Å²) in [6, 6.07) is 0.00396. The molecule has 1 aliphatic heterocycles. The van der Waals surface area contributed by atoms with Gasteiger partial charge in [0, 0.05) is 39.2 Å². The summed E-state index contributed by atoms with van der Waals surface area (Å²) in [6.07, 6.45) is 3.90. The van der Waals surface area contributed by atoms with Crippen LogP contribution in [0.3, 0.4) is 0 Å². The Morgan fingerprint density at radius 2 is 1.95 bits per heavy atom. The van der Waals surface area contributed by atoms with Gasteiger partial charge in [0.25, 0.3) is 0 Å². The molecule has 2 amide bonds. The van der Waals surface area contributed by atoms with Crippen molar-refractivity contribution >= 4 is 11.8 Å². The summed E-state index contributed by atoms with van der Waals surface area (Å²) in [4.78, 5) is 25.3. The van der Waals surface area contributed by atoms with Crippen molar-refractivity contribution < 1.29 is 14.3 Å². The van der Waals surface area contributed by atoms with Crippen molar-refractivity contribution in [2.75, 3.05) is 39.9 Å². The van der Waals surface area contributed by atoms with E-state index in [1.165, 1.54) is 6.42 Å². The van der Waals surface area contributed by atoms with Gasteiger partial charge in [0.15, 0.2) is 0 Å². The number of nitrogens with zero attached hydrogens (tertiary/aromatic N) is 1. The Kier molecular flexibility index (Phi) is 8.22. The molecule has 0 spiro atoms. The molecule has 116 valence electrons. The molecule has 6 heteroatoms. The molecule has 2 N–H and O–H groups in total. The van der Waals surface area contributed by atoms with E-state index in [0.717, 1.165) is 25.9 Å². The van der Waals surface area contributed by atoms with Crippen LogP contribution in [-0.2, 0) is 14.3 Å². The first kappa shape index (κ1) is 16.9. The number of amides is 2. The van der Waals surface area contributed by atoms with Gasteiger partial charge < -0.3 is 20.3 Å². The second-order valence-electron chi connectivity index (χ2n) is 5.29. The number of piperidine rings is 1. The van der Waals surface area contributed by atoms with Gasteiger partial charge in [-0.15, -0.1) is 0 Å². The summed E-state index contributed by atoms with van der Waals surface area (Å²) < 4.78 is 4.94. The minimum atomic E-state index is -0.0695. The van der Waals surface area contributed by atoms with Crippen molar-refractivity contribution in [2.24, 2.45) is 0 Å².